The molecule has 2 heterocycles. The summed E-state index contributed by atoms with van der Waals surface area (Å²) < 4.78 is 27.7. The molecule has 0 aromatic carbocycles. The first kappa shape index (κ1) is 14.5. The molecule has 2 rings (SSSR count). The summed E-state index contributed by atoms with van der Waals surface area (Å²) in [6.45, 7) is 0.286. The molecule has 1 aromatic heterocycles. The van der Waals surface area contributed by atoms with Crippen LogP contribution in [0.3, 0.4) is 0 Å². The van der Waals surface area contributed by atoms with Crippen molar-refractivity contribution in [3.8, 4) is 0 Å². The average Bonchev–Trinajstić information content (AvgIpc) is 2.32. The van der Waals surface area contributed by atoms with Gasteiger partial charge in [0.2, 0.25) is 0 Å². The number of hydrogen-bond donors (Lipinski definition) is 1. The van der Waals surface area contributed by atoms with Gasteiger partial charge in [-0.3, -0.25) is 0 Å². The van der Waals surface area contributed by atoms with E-state index in [1.54, 1.807) is 13.2 Å². The van der Waals surface area contributed by atoms with E-state index in [2.05, 4.69) is 15.3 Å². The molecule has 0 aliphatic carbocycles. The summed E-state index contributed by atoms with van der Waals surface area (Å²) in [5, 5.41) is 3.54. The number of halogens is 1. The van der Waals surface area contributed by atoms with Crippen LogP contribution in [0.2, 0.25) is 5.15 Å². The van der Waals surface area contributed by atoms with E-state index in [0.29, 0.717) is 29.6 Å². The van der Waals surface area contributed by atoms with Crippen molar-refractivity contribution in [3.05, 3.63) is 17.0 Å². The van der Waals surface area contributed by atoms with Crippen LogP contribution >= 0.6 is 11.6 Å². The Balaban J connectivity index is 2.03. The minimum Gasteiger partial charge on any atom is -0.377 e. The zero-order valence-electron chi connectivity index (χ0n) is 10.6. The number of sulfone groups is 1. The fraction of sp³-hybridized carbons (Fsp3) is 0.636. The van der Waals surface area contributed by atoms with Crippen molar-refractivity contribution in [3.63, 3.8) is 0 Å². The van der Waals surface area contributed by atoms with Gasteiger partial charge in [-0.1, -0.05) is 11.6 Å². The van der Waals surface area contributed by atoms with Gasteiger partial charge in [-0.25, -0.2) is 18.4 Å². The van der Waals surface area contributed by atoms with E-state index in [-0.39, 0.29) is 24.2 Å². The smallest absolute Gasteiger partial charge is 0.158 e. The summed E-state index contributed by atoms with van der Waals surface area (Å²) in [5.41, 5.74) is 0. The molecule has 0 radical (unpaired) electrons. The number of methoxy groups -OCH3 is 1. The quantitative estimate of drug-likeness (QED) is 0.844. The third-order valence-electron chi connectivity index (χ3n) is 2.92. The van der Waals surface area contributed by atoms with E-state index in [1.165, 1.54) is 0 Å². The van der Waals surface area contributed by atoms with E-state index in [9.17, 15) is 8.42 Å². The molecule has 0 saturated carbocycles. The molecule has 106 valence electrons. The Labute approximate surface area is 117 Å². The molecule has 0 unspecified atom stereocenters. The molecule has 0 bridgehead atoms. The van der Waals surface area contributed by atoms with E-state index in [1.807, 2.05) is 0 Å². The fourth-order valence-corrected chi connectivity index (χ4v) is 3.67. The molecule has 1 N–H and O–H groups in total. The van der Waals surface area contributed by atoms with Crippen molar-refractivity contribution in [2.45, 2.75) is 25.5 Å². The Morgan fingerprint density at radius 3 is 2.74 bits per heavy atom. The number of anilines is 1. The molecule has 0 spiro atoms. The Hall–Kier alpha value is -0.920. The number of nitrogens with one attached hydrogen (secondary N) is 1. The summed E-state index contributed by atoms with van der Waals surface area (Å²) in [4.78, 5) is 8.31. The van der Waals surface area contributed by atoms with Crippen LogP contribution in [0.1, 0.15) is 18.7 Å². The molecule has 6 nitrogen and oxygen atoms in total. The van der Waals surface area contributed by atoms with Gasteiger partial charge in [0.25, 0.3) is 0 Å². The largest absolute Gasteiger partial charge is 0.377 e. The number of aromatic nitrogens is 2. The van der Waals surface area contributed by atoms with Crippen molar-refractivity contribution in [1.29, 1.82) is 0 Å². The second kappa shape index (κ2) is 6.02. The van der Waals surface area contributed by atoms with Crippen LogP contribution in [0.15, 0.2) is 6.07 Å². The van der Waals surface area contributed by atoms with Gasteiger partial charge < -0.3 is 10.1 Å². The maximum absolute atomic E-state index is 11.4. The van der Waals surface area contributed by atoms with Crippen molar-refractivity contribution < 1.29 is 13.2 Å². The minimum absolute atomic E-state index is 0.102. The lowest BCUT2D eigenvalue weighted by atomic mass is 10.1. The predicted molar refractivity (Wildman–Crippen MR) is 73.1 cm³/mol. The molecular formula is C11H16ClN3O3S. The number of ether oxygens (including phenoxy) is 1. The maximum atomic E-state index is 11.4. The molecule has 1 aliphatic heterocycles. The Morgan fingerprint density at radius 2 is 2.11 bits per heavy atom. The van der Waals surface area contributed by atoms with E-state index >= 15 is 0 Å². The predicted octanol–water partition coefficient (Wildman–Crippen LogP) is 1.27. The molecule has 0 atom stereocenters. The summed E-state index contributed by atoms with van der Waals surface area (Å²) in [6, 6.07) is 1.73. The van der Waals surface area contributed by atoms with Gasteiger partial charge in [-0.05, 0) is 12.8 Å². The Kier molecular flexibility index (Phi) is 4.59. The zero-order valence-corrected chi connectivity index (χ0v) is 12.2. The number of hydrogen-bond acceptors (Lipinski definition) is 6. The molecule has 19 heavy (non-hydrogen) atoms. The molecular weight excluding hydrogens is 290 g/mol. The molecule has 1 fully saturated rings. The van der Waals surface area contributed by atoms with Crippen molar-refractivity contribution in [2.75, 3.05) is 23.9 Å². The highest BCUT2D eigenvalue weighted by Gasteiger charge is 2.23. The first-order valence-corrected chi connectivity index (χ1v) is 8.18. The monoisotopic (exact) mass is 305 g/mol. The molecule has 1 aliphatic rings. The molecule has 8 heteroatoms. The van der Waals surface area contributed by atoms with Crippen molar-refractivity contribution in [1.82, 2.24) is 9.97 Å². The third-order valence-corrected chi connectivity index (χ3v) is 4.83. The van der Waals surface area contributed by atoms with Crippen LogP contribution in [-0.2, 0) is 21.2 Å². The highest BCUT2D eigenvalue weighted by molar-refractivity contribution is 7.91. The number of rotatable bonds is 4. The molecule has 0 amide bonds. The third kappa shape index (κ3) is 4.29. The lowest BCUT2D eigenvalue weighted by Crippen LogP contribution is -2.32. The van der Waals surface area contributed by atoms with E-state index in [4.69, 9.17) is 16.3 Å². The van der Waals surface area contributed by atoms with Gasteiger partial charge in [0.15, 0.2) is 5.82 Å². The van der Waals surface area contributed by atoms with Gasteiger partial charge in [0, 0.05) is 19.2 Å². The van der Waals surface area contributed by atoms with Crippen molar-refractivity contribution >= 4 is 27.3 Å². The first-order chi connectivity index (χ1) is 8.98. The highest BCUT2D eigenvalue weighted by Crippen LogP contribution is 2.18. The van der Waals surface area contributed by atoms with Gasteiger partial charge in [0.1, 0.15) is 27.4 Å². The number of nitrogens with zero attached hydrogens (tertiary/aromatic N) is 2. The van der Waals surface area contributed by atoms with Crippen molar-refractivity contribution in [2.24, 2.45) is 0 Å². The summed E-state index contributed by atoms with van der Waals surface area (Å²) in [6.07, 6.45) is 1.17. The lowest BCUT2D eigenvalue weighted by molar-refractivity contribution is 0.178. The molecule has 1 saturated heterocycles. The van der Waals surface area contributed by atoms with Crippen LogP contribution in [0.25, 0.3) is 0 Å². The molecule has 1 aromatic rings. The fourth-order valence-electron chi connectivity index (χ4n) is 1.98. The first-order valence-electron chi connectivity index (χ1n) is 5.98. The minimum atomic E-state index is -2.85. The highest BCUT2D eigenvalue weighted by atomic mass is 35.5. The second-order valence-electron chi connectivity index (χ2n) is 4.50. The second-order valence-corrected chi connectivity index (χ2v) is 7.19. The van der Waals surface area contributed by atoms with Gasteiger partial charge >= 0.3 is 0 Å². The normalized spacial score (nSPS) is 19.3. The van der Waals surface area contributed by atoms with Gasteiger partial charge in [-0.15, -0.1) is 0 Å². The lowest BCUT2D eigenvalue weighted by Gasteiger charge is -2.23. The summed E-state index contributed by atoms with van der Waals surface area (Å²) in [7, 11) is -1.29. The van der Waals surface area contributed by atoms with Crippen LogP contribution in [0, 0.1) is 0 Å². The van der Waals surface area contributed by atoms with Gasteiger partial charge in [-0.2, -0.15) is 0 Å². The van der Waals surface area contributed by atoms with Crippen LogP contribution in [-0.4, -0.2) is 43.0 Å². The van der Waals surface area contributed by atoms with Crippen LogP contribution in [0.5, 0.6) is 0 Å². The van der Waals surface area contributed by atoms with Gasteiger partial charge in [0.05, 0.1) is 11.5 Å². The maximum Gasteiger partial charge on any atom is 0.158 e. The van der Waals surface area contributed by atoms with E-state index in [0.717, 1.165) is 0 Å². The SMILES string of the molecule is COCc1nc(Cl)cc(NC2CCS(=O)(=O)CC2)n1. The van der Waals surface area contributed by atoms with E-state index < -0.39 is 9.84 Å². The zero-order chi connectivity index (χ0) is 13.9. The topological polar surface area (TPSA) is 81.2 Å². The average molecular weight is 306 g/mol. The van der Waals surface area contributed by atoms with Crippen LogP contribution in [0.4, 0.5) is 5.82 Å². The Morgan fingerprint density at radius 1 is 1.42 bits per heavy atom. The Bertz CT molecular complexity index is 536. The summed E-state index contributed by atoms with van der Waals surface area (Å²) in [5.74, 6) is 1.54. The van der Waals surface area contributed by atoms with Crippen LogP contribution < -0.4 is 5.32 Å². The standard InChI is InChI=1S/C11H16ClN3O3S/c1-18-7-11-14-9(12)6-10(15-11)13-8-2-4-19(16,17)5-3-8/h6,8H,2-5,7H2,1H3,(H,13,14,15). The summed E-state index contributed by atoms with van der Waals surface area (Å²) >= 11 is 5.91.